The van der Waals surface area contributed by atoms with Gasteiger partial charge in [0.1, 0.15) is 17.6 Å². The van der Waals surface area contributed by atoms with Gasteiger partial charge >= 0.3 is 0 Å². The number of aryl methyl sites for hydroxylation is 1. The smallest absolute Gasteiger partial charge is 0.278 e. The van der Waals surface area contributed by atoms with Crippen LogP contribution in [0.25, 0.3) is 0 Å². The Labute approximate surface area is 133 Å². The number of fused-ring (bicyclic) bond motifs is 1. The fraction of sp³-hybridized carbons (Fsp3) is 0.167. The number of hydrogen-bond acceptors (Lipinski definition) is 4. The first-order valence-corrected chi connectivity index (χ1v) is 8.18. The summed E-state index contributed by atoms with van der Waals surface area (Å²) < 4.78 is 11.9. The maximum absolute atomic E-state index is 6.14. The maximum Gasteiger partial charge on any atom is 0.278 e. The molecule has 3 aromatic rings. The summed E-state index contributed by atoms with van der Waals surface area (Å²) in [6, 6.07) is 16.4. The van der Waals surface area contributed by atoms with Crippen LogP contribution in [0, 0.1) is 0 Å². The lowest BCUT2D eigenvalue weighted by Gasteiger charge is -2.26. The van der Waals surface area contributed by atoms with Crippen LogP contribution in [0.3, 0.4) is 0 Å². The van der Waals surface area contributed by atoms with E-state index in [-0.39, 0.29) is 6.10 Å². The molecule has 3 nitrogen and oxygen atoms in total. The Bertz CT molecular complexity index is 756. The van der Waals surface area contributed by atoms with Gasteiger partial charge in [0, 0.05) is 11.6 Å². The van der Waals surface area contributed by atoms with Crippen LogP contribution in [0.5, 0.6) is 16.7 Å². The first-order valence-electron chi connectivity index (χ1n) is 7.30. The van der Waals surface area contributed by atoms with Crippen LogP contribution in [-0.4, -0.2) is 4.98 Å². The molecule has 2 aromatic carbocycles. The van der Waals surface area contributed by atoms with Gasteiger partial charge in [0.25, 0.3) is 5.19 Å². The molecular weight excluding hydrogens is 294 g/mol. The lowest BCUT2D eigenvalue weighted by molar-refractivity contribution is 0.176. The van der Waals surface area contributed by atoms with Gasteiger partial charge < -0.3 is 9.47 Å². The van der Waals surface area contributed by atoms with Crippen LogP contribution in [0.15, 0.2) is 60.1 Å². The molecule has 0 radical (unpaired) electrons. The molecule has 0 N–H and O–H groups in total. The van der Waals surface area contributed by atoms with E-state index in [9.17, 15) is 0 Å². The van der Waals surface area contributed by atoms with E-state index >= 15 is 0 Å². The van der Waals surface area contributed by atoms with Gasteiger partial charge in [0.15, 0.2) is 0 Å². The Morgan fingerprint density at radius 1 is 1.14 bits per heavy atom. The number of aromatic nitrogens is 1. The van der Waals surface area contributed by atoms with Crippen molar-refractivity contribution >= 4 is 11.3 Å². The van der Waals surface area contributed by atoms with Crippen molar-refractivity contribution in [3.8, 4) is 16.7 Å². The molecule has 1 unspecified atom stereocenters. The third-order valence-corrected chi connectivity index (χ3v) is 4.41. The number of benzene rings is 2. The van der Waals surface area contributed by atoms with Crippen LogP contribution in [0.2, 0.25) is 0 Å². The summed E-state index contributed by atoms with van der Waals surface area (Å²) in [5.41, 5.74) is 2.43. The van der Waals surface area contributed by atoms with E-state index < -0.39 is 0 Å². The van der Waals surface area contributed by atoms with Crippen molar-refractivity contribution in [1.29, 1.82) is 0 Å². The molecule has 0 fully saturated rings. The van der Waals surface area contributed by atoms with E-state index in [1.54, 1.807) is 6.20 Å². The highest BCUT2D eigenvalue weighted by molar-refractivity contribution is 7.11. The molecule has 0 saturated carbocycles. The van der Waals surface area contributed by atoms with Crippen molar-refractivity contribution in [1.82, 2.24) is 4.98 Å². The summed E-state index contributed by atoms with van der Waals surface area (Å²) in [5, 5.41) is 2.57. The van der Waals surface area contributed by atoms with Crippen molar-refractivity contribution in [3.63, 3.8) is 0 Å². The molecule has 2 heterocycles. The zero-order valence-corrected chi connectivity index (χ0v) is 12.8. The molecule has 4 heteroatoms. The highest BCUT2D eigenvalue weighted by Gasteiger charge is 2.21. The average molecular weight is 309 g/mol. The van der Waals surface area contributed by atoms with E-state index in [2.05, 4.69) is 35.3 Å². The lowest BCUT2D eigenvalue weighted by atomic mass is 9.97. The second-order valence-electron chi connectivity index (χ2n) is 5.23. The Kier molecular flexibility index (Phi) is 3.52. The topological polar surface area (TPSA) is 31.4 Å². The van der Waals surface area contributed by atoms with E-state index in [1.807, 2.05) is 23.6 Å². The minimum Gasteiger partial charge on any atom is -0.485 e. The summed E-state index contributed by atoms with van der Waals surface area (Å²) in [7, 11) is 0. The minimum absolute atomic E-state index is 0.138. The first-order chi connectivity index (χ1) is 10.9. The van der Waals surface area contributed by atoms with Crippen molar-refractivity contribution in [3.05, 3.63) is 71.2 Å². The Morgan fingerprint density at radius 2 is 2.05 bits per heavy atom. The SMILES string of the molecule is c1ccc(C2CCc3cc(Oc4nccs4)ccc3O2)cc1. The zero-order valence-electron chi connectivity index (χ0n) is 11.9. The zero-order chi connectivity index (χ0) is 14.8. The predicted octanol–water partition coefficient (Wildman–Crippen LogP) is 5.00. The molecule has 0 amide bonds. The van der Waals surface area contributed by atoms with Gasteiger partial charge in [0.2, 0.25) is 0 Å². The molecule has 4 rings (SSSR count). The van der Waals surface area contributed by atoms with Crippen LogP contribution >= 0.6 is 11.3 Å². The summed E-state index contributed by atoms with van der Waals surface area (Å²) in [6.07, 6.45) is 3.85. The normalized spacial score (nSPS) is 16.6. The molecular formula is C18H15NO2S. The Morgan fingerprint density at radius 3 is 2.86 bits per heavy atom. The fourth-order valence-corrected chi connectivity index (χ4v) is 3.20. The molecule has 110 valence electrons. The molecule has 1 aliphatic rings. The van der Waals surface area contributed by atoms with Gasteiger partial charge in [-0.3, -0.25) is 0 Å². The molecule has 22 heavy (non-hydrogen) atoms. The van der Waals surface area contributed by atoms with Gasteiger partial charge in [-0.05, 0) is 42.2 Å². The van der Waals surface area contributed by atoms with E-state index in [0.717, 1.165) is 24.3 Å². The number of hydrogen-bond donors (Lipinski definition) is 0. The van der Waals surface area contributed by atoms with Crippen molar-refractivity contribution in [2.24, 2.45) is 0 Å². The average Bonchev–Trinajstić information content (AvgIpc) is 3.08. The minimum atomic E-state index is 0.138. The quantitative estimate of drug-likeness (QED) is 0.682. The fourth-order valence-electron chi connectivity index (χ4n) is 2.69. The van der Waals surface area contributed by atoms with Gasteiger partial charge in [-0.25, -0.2) is 4.98 Å². The van der Waals surface area contributed by atoms with Crippen LogP contribution in [0.1, 0.15) is 23.7 Å². The van der Waals surface area contributed by atoms with Gasteiger partial charge in [-0.1, -0.05) is 41.7 Å². The molecule has 1 atom stereocenters. The van der Waals surface area contributed by atoms with Crippen LogP contribution < -0.4 is 9.47 Å². The standard InChI is InChI=1S/C18H15NO2S/c1-2-4-13(5-3-1)16-8-6-14-12-15(7-9-17(14)21-16)20-18-19-10-11-22-18/h1-5,7,9-12,16H,6,8H2. The highest BCUT2D eigenvalue weighted by Crippen LogP contribution is 2.37. The predicted molar refractivity (Wildman–Crippen MR) is 86.8 cm³/mol. The molecule has 0 aliphatic carbocycles. The lowest BCUT2D eigenvalue weighted by Crippen LogP contribution is -2.15. The number of rotatable bonds is 3. The maximum atomic E-state index is 6.14. The van der Waals surface area contributed by atoms with Crippen LogP contribution in [-0.2, 0) is 6.42 Å². The third-order valence-electron chi connectivity index (χ3n) is 3.76. The van der Waals surface area contributed by atoms with E-state index in [0.29, 0.717) is 5.19 Å². The Hall–Kier alpha value is -2.33. The molecule has 1 aromatic heterocycles. The Balaban J connectivity index is 1.54. The second kappa shape index (κ2) is 5.81. The van der Waals surface area contributed by atoms with Crippen molar-refractivity contribution in [2.45, 2.75) is 18.9 Å². The van der Waals surface area contributed by atoms with E-state index in [4.69, 9.17) is 9.47 Å². The summed E-state index contributed by atoms with van der Waals surface area (Å²) in [6.45, 7) is 0. The molecule has 1 aliphatic heterocycles. The van der Waals surface area contributed by atoms with Crippen molar-refractivity contribution in [2.75, 3.05) is 0 Å². The van der Waals surface area contributed by atoms with Gasteiger partial charge in [0.05, 0.1) is 0 Å². The number of nitrogens with zero attached hydrogens (tertiary/aromatic N) is 1. The highest BCUT2D eigenvalue weighted by atomic mass is 32.1. The number of ether oxygens (including phenoxy) is 2. The third kappa shape index (κ3) is 2.70. The number of thiazole rings is 1. The first kappa shape index (κ1) is 13.3. The summed E-state index contributed by atoms with van der Waals surface area (Å²) in [5.74, 6) is 1.77. The summed E-state index contributed by atoms with van der Waals surface area (Å²) in [4.78, 5) is 4.14. The monoisotopic (exact) mass is 309 g/mol. The largest absolute Gasteiger partial charge is 0.485 e. The van der Waals surface area contributed by atoms with Crippen molar-refractivity contribution < 1.29 is 9.47 Å². The van der Waals surface area contributed by atoms with Gasteiger partial charge in [-0.2, -0.15) is 0 Å². The van der Waals surface area contributed by atoms with Crippen LogP contribution in [0.4, 0.5) is 0 Å². The molecule has 0 bridgehead atoms. The molecule has 0 spiro atoms. The second-order valence-corrected chi connectivity index (χ2v) is 6.08. The van der Waals surface area contributed by atoms with Gasteiger partial charge in [-0.15, -0.1) is 0 Å². The summed E-state index contributed by atoms with van der Waals surface area (Å²) >= 11 is 1.49. The van der Waals surface area contributed by atoms with E-state index in [1.165, 1.54) is 22.5 Å². The molecule has 0 saturated heterocycles.